The molecule has 4 rings (SSSR count). The first-order chi connectivity index (χ1) is 12.6. The van der Waals surface area contributed by atoms with E-state index in [0.29, 0.717) is 38.6 Å². The van der Waals surface area contributed by atoms with E-state index in [1.807, 2.05) is 17.9 Å². The van der Waals surface area contributed by atoms with Crippen LogP contribution in [0.4, 0.5) is 0 Å². The number of carbonyl (C=O) groups is 2. The van der Waals surface area contributed by atoms with E-state index in [4.69, 9.17) is 9.15 Å². The minimum absolute atomic E-state index is 0.0624. The number of nitrogens with zero attached hydrogens (tertiary/aromatic N) is 2. The van der Waals surface area contributed by atoms with Crippen molar-refractivity contribution in [2.75, 3.05) is 32.8 Å². The summed E-state index contributed by atoms with van der Waals surface area (Å²) in [4.78, 5) is 29.8. The van der Waals surface area contributed by atoms with E-state index in [1.165, 1.54) is 0 Å². The highest BCUT2D eigenvalue weighted by Gasteiger charge is 2.46. The van der Waals surface area contributed by atoms with E-state index >= 15 is 0 Å². The zero-order chi connectivity index (χ0) is 18.1. The zero-order valence-corrected chi connectivity index (χ0v) is 15.5. The molecule has 2 saturated heterocycles. The van der Waals surface area contributed by atoms with Crippen LogP contribution in [0, 0.1) is 5.92 Å². The van der Waals surface area contributed by atoms with Gasteiger partial charge in [-0.1, -0.05) is 6.92 Å². The number of aryl methyl sites for hydroxylation is 1. The van der Waals surface area contributed by atoms with Gasteiger partial charge in [0.05, 0.1) is 0 Å². The van der Waals surface area contributed by atoms with Crippen molar-refractivity contribution >= 4 is 11.8 Å². The van der Waals surface area contributed by atoms with Gasteiger partial charge in [-0.05, 0) is 44.2 Å². The van der Waals surface area contributed by atoms with E-state index in [0.717, 1.165) is 44.3 Å². The third-order valence-electron chi connectivity index (χ3n) is 6.14. The summed E-state index contributed by atoms with van der Waals surface area (Å²) in [5.41, 5.74) is -0.148. The molecule has 0 radical (unpaired) electrons. The van der Waals surface area contributed by atoms with Gasteiger partial charge in [-0.15, -0.1) is 0 Å². The van der Waals surface area contributed by atoms with Crippen molar-refractivity contribution in [3.8, 4) is 0 Å². The first-order valence-electron chi connectivity index (χ1n) is 9.90. The van der Waals surface area contributed by atoms with Crippen molar-refractivity contribution in [3.63, 3.8) is 0 Å². The Bertz CT molecular complexity index is 673. The van der Waals surface area contributed by atoms with Gasteiger partial charge < -0.3 is 19.0 Å². The van der Waals surface area contributed by atoms with Crippen LogP contribution in [-0.4, -0.2) is 60.0 Å². The third-order valence-corrected chi connectivity index (χ3v) is 6.14. The van der Waals surface area contributed by atoms with Crippen molar-refractivity contribution in [2.24, 2.45) is 5.92 Å². The van der Waals surface area contributed by atoms with Crippen LogP contribution in [0.3, 0.4) is 0 Å². The maximum Gasteiger partial charge on any atom is 0.289 e. The Balaban J connectivity index is 1.53. The fourth-order valence-electron chi connectivity index (χ4n) is 4.26. The van der Waals surface area contributed by atoms with Gasteiger partial charge in [-0.2, -0.15) is 0 Å². The van der Waals surface area contributed by atoms with Gasteiger partial charge >= 0.3 is 0 Å². The number of carbonyl (C=O) groups excluding carboxylic acids is 2. The molecule has 2 amide bonds. The maximum atomic E-state index is 12.9. The minimum atomic E-state index is -0.148. The summed E-state index contributed by atoms with van der Waals surface area (Å²) < 4.78 is 11.2. The number of rotatable bonds is 3. The summed E-state index contributed by atoms with van der Waals surface area (Å²) in [6, 6.07) is 3.64. The molecule has 1 aromatic rings. The molecule has 1 saturated carbocycles. The van der Waals surface area contributed by atoms with E-state index in [-0.39, 0.29) is 23.3 Å². The summed E-state index contributed by atoms with van der Waals surface area (Å²) >= 11 is 0. The quantitative estimate of drug-likeness (QED) is 0.831. The first kappa shape index (κ1) is 17.6. The summed E-state index contributed by atoms with van der Waals surface area (Å²) in [6.07, 6.45) is 5.36. The van der Waals surface area contributed by atoms with Gasteiger partial charge in [0.25, 0.3) is 5.91 Å². The number of hydrogen-bond acceptors (Lipinski definition) is 4. The molecule has 3 fully saturated rings. The summed E-state index contributed by atoms with van der Waals surface area (Å²) in [5.74, 6) is 1.66. The number of ether oxygens (including phenoxy) is 1. The molecule has 6 nitrogen and oxygen atoms in total. The number of amides is 2. The molecule has 3 aliphatic rings. The van der Waals surface area contributed by atoms with Crippen LogP contribution in [0.2, 0.25) is 0 Å². The Kier molecular flexibility index (Phi) is 4.78. The third kappa shape index (κ3) is 3.27. The molecule has 1 aliphatic carbocycles. The van der Waals surface area contributed by atoms with Crippen LogP contribution >= 0.6 is 0 Å². The van der Waals surface area contributed by atoms with Gasteiger partial charge in [0.2, 0.25) is 5.91 Å². The molecular weight excluding hydrogens is 332 g/mol. The second-order valence-electron chi connectivity index (χ2n) is 7.76. The molecule has 3 heterocycles. The van der Waals surface area contributed by atoms with Crippen molar-refractivity contribution in [1.82, 2.24) is 9.80 Å². The molecule has 6 heteroatoms. The number of hydrogen-bond donors (Lipinski definition) is 0. The lowest BCUT2D eigenvalue weighted by Gasteiger charge is -2.45. The minimum Gasteiger partial charge on any atom is -0.456 e. The summed E-state index contributed by atoms with van der Waals surface area (Å²) in [5, 5.41) is 0. The molecule has 0 aromatic carbocycles. The SMILES string of the molecule is CCc1ccc(C(=O)N2CCN(C(=O)C3CC3)C3(CCOCC3)CC2)o1. The molecule has 0 unspecified atom stereocenters. The highest BCUT2D eigenvalue weighted by Crippen LogP contribution is 2.39. The average Bonchev–Trinajstić information content (AvgIpc) is 3.43. The Hall–Kier alpha value is -1.82. The van der Waals surface area contributed by atoms with Crippen molar-refractivity contribution in [3.05, 3.63) is 23.7 Å². The molecule has 2 aliphatic heterocycles. The molecule has 26 heavy (non-hydrogen) atoms. The Morgan fingerprint density at radius 2 is 1.88 bits per heavy atom. The topological polar surface area (TPSA) is 63.0 Å². The first-order valence-corrected chi connectivity index (χ1v) is 9.90. The van der Waals surface area contributed by atoms with Crippen LogP contribution < -0.4 is 0 Å². The molecule has 0 atom stereocenters. The normalized spacial score (nSPS) is 23.1. The second kappa shape index (κ2) is 7.06. The Labute approximate surface area is 154 Å². The van der Waals surface area contributed by atoms with Gasteiger partial charge in [-0.25, -0.2) is 0 Å². The Morgan fingerprint density at radius 1 is 1.12 bits per heavy atom. The Morgan fingerprint density at radius 3 is 2.54 bits per heavy atom. The monoisotopic (exact) mass is 360 g/mol. The fraction of sp³-hybridized carbons (Fsp3) is 0.700. The van der Waals surface area contributed by atoms with Crippen LogP contribution in [-0.2, 0) is 16.0 Å². The molecule has 0 bridgehead atoms. The standard InChI is InChI=1S/C20H28N2O4/c1-2-16-5-6-17(26-16)19(24)21-10-7-20(8-13-25-14-9-20)22(12-11-21)18(23)15-3-4-15/h5-6,15H,2-4,7-14H2,1H3. The predicted octanol–water partition coefficient (Wildman–Crippen LogP) is 2.48. The molecule has 1 spiro atoms. The van der Waals surface area contributed by atoms with E-state index in [1.54, 1.807) is 6.07 Å². The van der Waals surface area contributed by atoms with Crippen molar-refractivity contribution < 1.29 is 18.7 Å². The van der Waals surface area contributed by atoms with E-state index < -0.39 is 0 Å². The molecular formula is C20H28N2O4. The van der Waals surface area contributed by atoms with Gasteiger partial charge in [-0.3, -0.25) is 9.59 Å². The fourth-order valence-corrected chi connectivity index (χ4v) is 4.26. The largest absolute Gasteiger partial charge is 0.456 e. The summed E-state index contributed by atoms with van der Waals surface area (Å²) in [7, 11) is 0. The molecule has 0 N–H and O–H groups in total. The van der Waals surface area contributed by atoms with Gasteiger partial charge in [0.1, 0.15) is 5.76 Å². The average molecular weight is 360 g/mol. The van der Waals surface area contributed by atoms with Crippen molar-refractivity contribution in [2.45, 2.75) is 51.0 Å². The van der Waals surface area contributed by atoms with E-state index in [2.05, 4.69) is 4.90 Å². The highest BCUT2D eigenvalue weighted by molar-refractivity contribution is 5.91. The maximum absolute atomic E-state index is 12.9. The van der Waals surface area contributed by atoms with Crippen LogP contribution in [0.1, 0.15) is 55.3 Å². The highest BCUT2D eigenvalue weighted by atomic mass is 16.5. The molecule has 142 valence electrons. The van der Waals surface area contributed by atoms with Crippen LogP contribution in [0.15, 0.2) is 16.5 Å². The number of furan rings is 1. The second-order valence-corrected chi connectivity index (χ2v) is 7.76. The zero-order valence-electron chi connectivity index (χ0n) is 15.5. The summed E-state index contributed by atoms with van der Waals surface area (Å²) in [6.45, 7) is 5.25. The van der Waals surface area contributed by atoms with Crippen LogP contribution in [0.25, 0.3) is 0 Å². The lowest BCUT2D eigenvalue weighted by atomic mass is 9.84. The van der Waals surface area contributed by atoms with E-state index in [9.17, 15) is 9.59 Å². The van der Waals surface area contributed by atoms with Crippen LogP contribution in [0.5, 0.6) is 0 Å². The predicted molar refractivity (Wildman–Crippen MR) is 95.8 cm³/mol. The van der Waals surface area contributed by atoms with Gasteiger partial charge in [0, 0.05) is 50.7 Å². The lowest BCUT2D eigenvalue weighted by molar-refractivity contribution is -0.143. The van der Waals surface area contributed by atoms with Crippen molar-refractivity contribution in [1.29, 1.82) is 0 Å². The lowest BCUT2D eigenvalue weighted by Crippen LogP contribution is -2.55. The molecule has 1 aromatic heterocycles. The smallest absolute Gasteiger partial charge is 0.289 e. The van der Waals surface area contributed by atoms with Gasteiger partial charge in [0.15, 0.2) is 5.76 Å².